The first-order valence-electron chi connectivity index (χ1n) is 10.2. The Hall–Kier alpha value is -3.67. The summed E-state index contributed by atoms with van der Waals surface area (Å²) >= 11 is 0. The fourth-order valence-electron chi connectivity index (χ4n) is 3.71. The van der Waals surface area contributed by atoms with Gasteiger partial charge in [0.25, 0.3) is 5.91 Å². The number of carbonyl (C=O) groups is 2. The Morgan fingerprint density at radius 2 is 1.94 bits per heavy atom. The van der Waals surface area contributed by atoms with Gasteiger partial charge in [-0.15, -0.1) is 0 Å². The average Bonchev–Trinajstić information content (AvgIpc) is 3.35. The standard InChI is InChI=1S/C21H20F2N5O6P/c1-10-4-3-5-13-16(10)27-19(25-13)21(22,23)20-26-12-7-6-11(8-15(12)28(20)2)17(29)24-14(18(30)31)9-35(32,33)34/h3-8,14H,9H2,1-2H3,(H,24,29)(H,25,27)(H,30,31)(H2,32,33,34)/t14-/m0/s1. The van der Waals surface area contributed by atoms with Crippen LogP contribution < -0.4 is 5.32 Å². The van der Waals surface area contributed by atoms with Crippen molar-refractivity contribution in [2.45, 2.75) is 18.9 Å². The van der Waals surface area contributed by atoms with Gasteiger partial charge < -0.3 is 29.8 Å². The fraction of sp³-hybridized carbons (Fsp3) is 0.238. The molecule has 1 atom stereocenters. The molecule has 0 unspecified atom stereocenters. The van der Waals surface area contributed by atoms with Crippen LogP contribution in [0.5, 0.6) is 0 Å². The van der Waals surface area contributed by atoms with E-state index in [2.05, 4.69) is 15.0 Å². The third kappa shape index (κ3) is 4.65. The first-order valence-corrected chi connectivity index (χ1v) is 12.0. The Kier molecular flexibility index (Phi) is 5.95. The average molecular weight is 507 g/mol. The molecule has 0 aliphatic carbocycles. The lowest BCUT2D eigenvalue weighted by Crippen LogP contribution is -2.43. The molecule has 0 aliphatic heterocycles. The second kappa shape index (κ2) is 8.52. The number of nitrogens with zero attached hydrogens (tertiary/aromatic N) is 3. The molecule has 4 rings (SSSR count). The van der Waals surface area contributed by atoms with Gasteiger partial charge in [0, 0.05) is 12.6 Å². The molecule has 5 N–H and O–H groups in total. The van der Waals surface area contributed by atoms with Crippen molar-refractivity contribution in [1.82, 2.24) is 24.8 Å². The number of para-hydroxylation sites is 1. The van der Waals surface area contributed by atoms with Crippen molar-refractivity contribution in [2.24, 2.45) is 7.05 Å². The molecular weight excluding hydrogens is 487 g/mol. The van der Waals surface area contributed by atoms with Crippen LogP contribution in [0.15, 0.2) is 36.4 Å². The van der Waals surface area contributed by atoms with Crippen LogP contribution in [0.1, 0.15) is 27.6 Å². The molecule has 14 heteroatoms. The Balaban J connectivity index is 1.69. The van der Waals surface area contributed by atoms with Crippen LogP contribution in [0.25, 0.3) is 22.1 Å². The first kappa shape index (κ1) is 24.5. The molecule has 0 radical (unpaired) electrons. The number of carboxylic acids is 1. The number of H-pyrrole nitrogens is 1. The number of aromatic nitrogens is 4. The number of amides is 1. The fourth-order valence-corrected chi connectivity index (χ4v) is 4.43. The highest BCUT2D eigenvalue weighted by Crippen LogP contribution is 2.37. The van der Waals surface area contributed by atoms with Crippen molar-refractivity contribution >= 4 is 41.5 Å². The molecule has 2 heterocycles. The zero-order valence-electron chi connectivity index (χ0n) is 18.4. The van der Waals surface area contributed by atoms with Crippen LogP contribution in [0.2, 0.25) is 0 Å². The summed E-state index contributed by atoms with van der Waals surface area (Å²) in [6, 6.07) is 7.04. The van der Waals surface area contributed by atoms with Gasteiger partial charge in [0.05, 0.1) is 28.2 Å². The number of hydrogen-bond acceptors (Lipinski definition) is 5. The minimum absolute atomic E-state index is 0.105. The Morgan fingerprint density at radius 3 is 2.57 bits per heavy atom. The van der Waals surface area contributed by atoms with Gasteiger partial charge in [0.15, 0.2) is 11.6 Å². The number of carboxylic acid groups (broad SMARTS) is 1. The molecule has 35 heavy (non-hydrogen) atoms. The van der Waals surface area contributed by atoms with E-state index in [0.717, 1.165) is 10.1 Å². The molecule has 0 bridgehead atoms. The maximum absolute atomic E-state index is 15.4. The molecule has 2 aromatic heterocycles. The predicted molar refractivity (Wildman–Crippen MR) is 120 cm³/mol. The van der Waals surface area contributed by atoms with E-state index in [0.29, 0.717) is 11.0 Å². The van der Waals surface area contributed by atoms with Crippen LogP contribution in [0.4, 0.5) is 8.78 Å². The van der Waals surface area contributed by atoms with Crippen molar-refractivity contribution in [3.05, 3.63) is 59.2 Å². The zero-order valence-corrected chi connectivity index (χ0v) is 19.3. The van der Waals surface area contributed by atoms with Gasteiger partial charge in [0.2, 0.25) is 0 Å². The highest BCUT2D eigenvalue weighted by molar-refractivity contribution is 7.51. The van der Waals surface area contributed by atoms with E-state index in [1.165, 1.54) is 25.2 Å². The normalized spacial score (nSPS) is 13.3. The minimum Gasteiger partial charge on any atom is -0.480 e. The van der Waals surface area contributed by atoms with E-state index >= 15 is 8.78 Å². The van der Waals surface area contributed by atoms with Crippen molar-refractivity contribution in [2.75, 3.05) is 6.16 Å². The van der Waals surface area contributed by atoms with E-state index in [1.54, 1.807) is 25.1 Å². The van der Waals surface area contributed by atoms with E-state index in [4.69, 9.17) is 14.9 Å². The van der Waals surface area contributed by atoms with Gasteiger partial charge in [0.1, 0.15) is 6.04 Å². The molecule has 0 fully saturated rings. The van der Waals surface area contributed by atoms with Crippen molar-refractivity contribution in [3.8, 4) is 0 Å². The number of imidazole rings is 2. The van der Waals surface area contributed by atoms with Crippen molar-refractivity contribution in [3.63, 3.8) is 0 Å². The quantitative estimate of drug-likeness (QED) is 0.237. The van der Waals surface area contributed by atoms with Crippen LogP contribution >= 0.6 is 7.60 Å². The van der Waals surface area contributed by atoms with Crippen molar-refractivity contribution < 1.29 is 37.8 Å². The lowest BCUT2D eigenvalue weighted by atomic mass is 10.1. The van der Waals surface area contributed by atoms with Gasteiger partial charge in [-0.1, -0.05) is 12.1 Å². The maximum Gasteiger partial charge on any atom is 0.361 e. The number of aromatic amines is 1. The van der Waals surface area contributed by atoms with Crippen LogP contribution in [0.3, 0.4) is 0 Å². The van der Waals surface area contributed by atoms with Crippen LogP contribution in [0, 0.1) is 6.92 Å². The van der Waals surface area contributed by atoms with Gasteiger partial charge in [-0.05, 0) is 36.8 Å². The molecule has 184 valence electrons. The third-order valence-corrected chi connectivity index (χ3v) is 6.30. The van der Waals surface area contributed by atoms with E-state index in [9.17, 15) is 14.2 Å². The number of benzene rings is 2. The molecule has 0 aliphatic rings. The minimum atomic E-state index is -4.73. The van der Waals surface area contributed by atoms with Crippen LogP contribution in [-0.4, -0.2) is 58.5 Å². The second-order valence-corrected chi connectivity index (χ2v) is 9.73. The summed E-state index contributed by atoms with van der Waals surface area (Å²) < 4.78 is 43.1. The first-order chi connectivity index (χ1) is 16.3. The van der Waals surface area contributed by atoms with Gasteiger partial charge in [-0.3, -0.25) is 9.36 Å². The van der Waals surface area contributed by atoms with Crippen molar-refractivity contribution in [1.29, 1.82) is 0 Å². The van der Waals surface area contributed by atoms with E-state index < -0.39 is 49.2 Å². The molecule has 0 saturated heterocycles. The molecule has 0 saturated carbocycles. The largest absolute Gasteiger partial charge is 0.480 e. The number of aliphatic carboxylic acids is 1. The Labute approximate surface area is 196 Å². The van der Waals surface area contributed by atoms with E-state index in [1.807, 2.05) is 5.32 Å². The summed E-state index contributed by atoms with van der Waals surface area (Å²) in [7, 11) is -3.40. The number of aryl methyl sites for hydroxylation is 2. The summed E-state index contributed by atoms with van der Waals surface area (Å²) in [4.78, 5) is 52.6. The Bertz CT molecular complexity index is 1530. The number of alkyl halides is 2. The van der Waals surface area contributed by atoms with E-state index in [-0.39, 0.29) is 16.6 Å². The zero-order chi connectivity index (χ0) is 25.7. The highest BCUT2D eigenvalue weighted by atomic mass is 31.2. The summed E-state index contributed by atoms with van der Waals surface area (Å²) in [5.74, 6) is -7.42. The summed E-state index contributed by atoms with van der Waals surface area (Å²) in [6.07, 6.45) is -1.10. The summed E-state index contributed by atoms with van der Waals surface area (Å²) in [5, 5.41) is 11.2. The topological polar surface area (TPSA) is 170 Å². The lowest BCUT2D eigenvalue weighted by molar-refractivity contribution is -0.138. The smallest absolute Gasteiger partial charge is 0.361 e. The van der Waals surface area contributed by atoms with Crippen LogP contribution in [-0.2, 0) is 22.3 Å². The van der Waals surface area contributed by atoms with Gasteiger partial charge >= 0.3 is 19.5 Å². The number of rotatable bonds is 7. The number of carbonyl (C=O) groups excluding carboxylic acids is 1. The lowest BCUT2D eigenvalue weighted by Gasteiger charge is -2.15. The molecular formula is C21H20F2N5O6P. The summed E-state index contributed by atoms with van der Waals surface area (Å²) in [6.45, 7) is 1.75. The third-order valence-electron chi connectivity index (χ3n) is 5.46. The number of halogens is 2. The maximum atomic E-state index is 15.4. The number of hydrogen-bond donors (Lipinski definition) is 5. The number of fused-ring (bicyclic) bond motifs is 2. The van der Waals surface area contributed by atoms with Gasteiger partial charge in [-0.25, -0.2) is 14.8 Å². The predicted octanol–water partition coefficient (Wildman–Crippen LogP) is 2.26. The van der Waals surface area contributed by atoms with Gasteiger partial charge in [-0.2, -0.15) is 8.78 Å². The highest BCUT2D eigenvalue weighted by Gasteiger charge is 2.42. The molecule has 2 aromatic carbocycles. The summed E-state index contributed by atoms with van der Waals surface area (Å²) in [5.41, 5.74) is 1.77. The molecule has 4 aromatic rings. The monoisotopic (exact) mass is 507 g/mol. The second-order valence-electron chi connectivity index (χ2n) is 8.04. The molecule has 0 spiro atoms. The Morgan fingerprint density at radius 1 is 1.23 bits per heavy atom. The number of nitrogens with one attached hydrogen (secondary N) is 2. The molecule has 11 nitrogen and oxygen atoms in total. The SMILES string of the molecule is Cc1cccc2[nH]c(C(F)(F)c3nc4ccc(C(=O)N[C@@H](CP(=O)(O)O)C(=O)O)cc4n3C)nc12. The molecule has 1 amide bonds.